The Labute approximate surface area is 175 Å². The minimum absolute atomic E-state index is 0. The number of piperidine rings is 1. The van der Waals surface area contributed by atoms with Crippen molar-refractivity contribution >= 4 is 41.4 Å². The SMILES string of the molecule is Cl.O=C(NC1CCCN(Cc2ccc(Cl)s2)C1)N1CCc2ccccc2C1. The number of halogens is 2. The van der Waals surface area contributed by atoms with Crippen LogP contribution in [0.25, 0.3) is 0 Å². The summed E-state index contributed by atoms with van der Waals surface area (Å²) >= 11 is 7.68. The summed E-state index contributed by atoms with van der Waals surface area (Å²) in [5.74, 6) is 0. The first-order chi connectivity index (χ1) is 12.7. The molecule has 0 radical (unpaired) electrons. The summed E-state index contributed by atoms with van der Waals surface area (Å²) in [7, 11) is 0. The highest BCUT2D eigenvalue weighted by atomic mass is 35.5. The van der Waals surface area contributed by atoms with Crippen LogP contribution < -0.4 is 5.32 Å². The molecule has 4 nitrogen and oxygen atoms in total. The van der Waals surface area contributed by atoms with E-state index < -0.39 is 0 Å². The third kappa shape index (κ3) is 5.17. The lowest BCUT2D eigenvalue weighted by Gasteiger charge is -2.35. The number of nitrogens with one attached hydrogen (secondary N) is 1. The second-order valence-corrected chi connectivity index (χ2v) is 8.97. The van der Waals surface area contributed by atoms with E-state index in [0.717, 1.165) is 49.8 Å². The molecule has 1 aromatic heterocycles. The number of urea groups is 1. The van der Waals surface area contributed by atoms with Gasteiger partial charge in [0.05, 0.1) is 4.34 Å². The average Bonchev–Trinajstić information content (AvgIpc) is 3.06. The molecule has 27 heavy (non-hydrogen) atoms. The van der Waals surface area contributed by atoms with E-state index in [-0.39, 0.29) is 24.5 Å². The van der Waals surface area contributed by atoms with Gasteiger partial charge in [0.2, 0.25) is 0 Å². The van der Waals surface area contributed by atoms with E-state index in [0.29, 0.717) is 6.54 Å². The van der Waals surface area contributed by atoms with Gasteiger partial charge in [-0.2, -0.15) is 0 Å². The van der Waals surface area contributed by atoms with Crippen molar-refractivity contribution in [3.63, 3.8) is 0 Å². The quantitative estimate of drug-likeness (QED) is 0.782. The summed E-state index contributed by atoms with van der Waals surface area (Å²) in [4.78, 5) is 18.4. The van der Waals surface area contributed by atoms with Gasteiger partial charge >= 0.3 is 6.03 Å². The predicted octanol–water partition coefficient (Wildman–Crippen LogP) is 4.56. The topological polar surface area (TPSA) is 35.6 Å². The minimum atomic E-state index is 0. The number of nitrogens with zero attached hydrogens (tertiary/aromatic N) is 2. The molecule has 2 amide bonds. The fourth-order valence-electron chi connectivity index (χ4n) is 3.91. The van der Waals surface area contributed by atoms with Crippen LogP contribution in [0, 0.1) is 0 Å². The van der Waals surface area contributed by atoms with E-state index in [1.807, 2.05) is 11.0 Å². The Morgan fingerprint density at radius 3 is 2.78 bits per heavy atom. The molecule has 1 atom stereocenters. The van der Waals surface area contributed by atoms with Gasteiger partial charge < -0.3 is 10.2 Å². The van der Waals surface area contributed by atoms with Crippen LogP contribution in [0.5, 0.6) is 0 Å². The number of carbonyl (C=O) groups is 1. The maximum atomic E-state index is 12.7. The van der Waals surface area contributed by atoms with Gasteiger partial charge in [0.1, 0.15) is 0 Å². The van der Waals surface area contributed by atoms with Gasteiger partial charge in [0.25, 0.3) is 0 Å². The minimum Gasteiger partial charge on any atom is -0.334 e. The van der Waals surface area contributed by atoms with Crippen LogP contribution in [-0.2, 0) is 19.5 Å². The van der Waals surface area contributed by atoms with Crippen molar-refractivity contribution in [2.75, 3.05) is 19.6 Å². The molecule has 0 saturated carbocycles. The van der Waals surface area contributed by atoms with Gasteiger partial charge in [-0.1, -0.05) is 35.9 Å². The van der Waals surface area contributed by atoms with Crippen LogP contribution in [0.3, 0.4) is 0 Å². The van der Waals surface area contributed by atoms with Crippen molar-refractivity contribution in [1.82, 2.24) is 15.1 Å². The zero-order chi connectivity index (χ0) is 17.9. The van der Waals surface area contributed by atoms with E-state index in [2.05, 4.69) is 40.5 Å². The molecule has 0 aliphatic carbocycles. The molecule has 0 bridgehead atoms. The smallest absolute Gasteiger partial charge is 0.317 e. The second kappa shape index (κ2) is 9.28. The normalized spacial score (nSPS) is 19.9. The molecule has 2 aliphatic heterocycles. The summed E-state index contributed by atoms with van der Waals surface area (Å²) in [6, 6.07) is 12.8. The molecular formula is C20H25Cl2N3OS. The number of likely N-dealkylation sites (tertiary alicyclic amines) is 1. The predicted molar refractivity (Wildman–Crippen MR) is 114 cm³/mol. The maximum absolute atomic E-state index is 12.7. The first-order valence-corrected chi connectivity index (χ1v) is 10.5. The van der Waals surface area contributed by atoms with Gasteiger partial charge in [-0.25, -0.2) is 4.79 Å². The molecule has 2 aromatic rings. The summed E-state index contributed by atoms with van der Waals surface area (Å²) in [5, 5.41) is 3.26. The average molecular weight is 426 g/mol. The molecule has 146 valence electrons. The van der Waals surface area contributed by atoms with Crippen LogP contribution in [-0.4, -0.2) is 41.5 Å². The zero-order valence-corrected chi connectivity index (χ0v) is 17.6. The standard InChI is InChI=1S/C20H24ClN3OS.ClH/c21-19-8-7-18(26-19)14-23-10-3-6-17(13-23)22-20(25)24-11-9-15-4-1-2-5-16(15)12-24;/h1-2,4-5,7-8,17H,3,6,9-14H2,(H,22,25);1H. The fourth-order valence-corrected chi connectivity index (χ4v) is 5.04. The monoisotopic (exact) mass is 425 g/mol. The Morgan fingerprint density at radius 1 is 1.19 bits per heavy atom. The van der Waals surface area contributed by atoms with Crippen LogP contribution in [0.15, 0.2) is 36.4 Å². The van der Waals surface area contributed by atoms with Crippen molar-refractivity contribution in [2.24, 2.45) is 0 Å². The number of amides is 2. The molecule has 1 fully saturated rings. The van der Waals surface area contributed by atoms with Gasteiger partial charge in [-0.3, -0.25) is 4.90 Å². The Morgan fingerprint density at radius 2 is 2.00 bits per heavy atom. The first kappa shape index (κ1) is 20.5. The van der Waals surface area contributed by atoms with Gasteiger partial charge in [-0.05, 0) is 49.1 Å². The van der Waals surface area contributed by atoms with Crippen LogP contribution >= 0.6 is 35.3 Å². The van der Waals surface area contributed by atoms with E-state index >= 15 is 0 Å². The molecule has 3 heterocycles. The molecule has 0 spiro atoms. The summed E-state index contributed by atoms with van der Waals surface area (Å²) in [6.07, 6.45) is 3.12. The summed E-state index contributed by atoms with van der Waals surface area (Å²) in [6.45, 7) is 4.42. The van der Waals surface area contributed by atoms with Crippen molar-refractivity contribution < 1.29 is 4.79 Å². The van der Waals surface area contributed by atoms with E-state index in [1.165, 1.54) is 16.0 Å². The highest BCUT2D eigenvalue weighted by Gasteiger charge is 2.25. The number of thiophene rings is 1. The number of hydrogen-bond donors (Lipinski definition) is 1. The van der Waals surface area contributed by atoms with Crippen LogP contribution in [0.2, 0.25) is 4.34 Å². The summed E-state index contributed by atoms with van der Waals surface area (Å²) < 4.78 is 0.840. The number of benzene rings is 1. The van der Waals surface area contributed by atoms with Crippen molar-refractivity contribution in [3.05, 3.63) is 56.7 Å². The molecular weight excluding hydrogens is 401 g/mol. The lowest BCUT2D eigenvalue weighted by molar-refractivity contribution is 0.161. The maximum Gasteiger partial charge on any atom is 0.317 e. The molecule has 4 rings (SSSR count). The van der Waals surface area contributed by atoms with E-state index in [4.69, 9.17) is 11.6 Å². The lowest BCUT2D eigenvalue weighted by Crippen LogP contribution is -2.52. The number of carbonyl (C=O) groups excluding carboxylic acids is 1. The number of fused-ring (bicyclic) bond motifs is 1. The fraction of sp³-hybridized carbons (Fsp3) is 0.450. The van der Waals surface area contributed by atoms with Gasteiger partial charge in [-0.15, -0.1) is 23.7 Å². The van der Waals surface area contributed by atoms with Gasteiger partial charge in [0, 0.05) is 37.1 Å². The van der Waals surface area contributed by atoms with Crippen LogP contribution in [0.4, 0.5) is 4.79 Å². The number of rotatable bonds is 3. The first-order valence-electron chi connectivity index (χ1n) is 9.26. The van der Waals surface area contributed by atoms with Gasteiger partial charge in [0.15, 0.2) is 0 Å². The van der Waals surface area contributed by atoms with Crippen molar-refractivity contribution in [2.45, 2.75) is 38.4 Å². The Bertz CT molecular complexity index is 782. The Kier molecular flexibility index (Phi) is 7.04. The Balaban J connectivity index is 0.00000210. The molecule has 7 heteroatoms. The largest absolute Gasteiger partial charge is 0.334 e. The van der Waals surface area contributed by atoms with E-state index in [9.17, 15) is 4.79 Å². The third-order valence-corrected chi connectivity index (χ3v) is 6.48. The van der Waals surface area contributed by atoms with Crippen molar-refractivity contribution in [1.29, 1.82) is 0 Å². The summed E-state index contributed by atoms with van der Waals surface area (Å²) in [5.41, 5.74) is 2.64. The third-order valence-electron chi connectivity index (χ3n) is 5.26. The number of hydrogen-bond acceptors (Lipinski definition) is 3. The molecule has 1 saturated heterocycles. The Hall–Kier alpha value is -1.27. The zero-order valence-electron chi connectivity index (χ0n) is 15.2. The molecule has 1 unspecified atom stereocenters. The lowest BCUT2D eigenvalue weighted by atomic mass is 10.0. The molecule has 1 aromatic carbocycles. The van der Waals surface area contributed by atoms with Crippen molar-refractivity contribution in [3.8, 4) is 0 Å². The van der Waals surface area contributed by atoms with Crippen LogP contribution in [0.1, 0.15) is 28.8 Å². The highest BCUT2D eigenvalue weighted by molar-refractivity contribution is 7.16. The highest BCUT2D eigenvalue weighted by Crippen LogP contribution is 2.24. The molecule has 1 N–H and O–H groups in total. The molecule has 2 aliphatic rings. The van der Waals surface area contributed by atoms with E-state index in [1.54, 1.807) is 11.3 Å². The second-order valence-electron chi connectivity index (χ2n) is 7.17.